The lowest BCUT2D eigenvalue weighted by Crippen LogP contribution is -2.61. The molecule has 0 aliphatic heterocycles. The zero-order chi connectivity index (χ0) is 32.1. The molecule has 12 heteroatoms. The molecule has 1 nitrogen and oxygen atoms in total. The quantitative estimate of drug-likeness (QED) is 0.0694. The predicted octanol–water partition coefficient (Wildman–Crippen LogP) is 7.19. The molecule has 0 atom stereocenters. The van der Waals surface area contributed by atoms with Crippen molar-refractivity contribution in [1.82, 2.24) is 0 Å². The van der Waals surface area contributed by atoms with Crippen LogP contribution in [0.5, 0.6) is 0 Å². The Morgan fingerprint density at radius 1 is 0.674 bits per heavy atom. The number of nitrogens with zero attached hydrogens (tertiary/aromatic N) is 1. The summed E-state index contributed by atoms with van der Waals surface area (Å²) in [4.78, 5) is 0. The highest BCUT2D eigenvalue weighted by Crippen LogP contribution is 2.36. The smallest absolute Gasteiger partial charge is 0.200 e. The maximum absolute atomic E-state index is 15.4. The van der Waals surface area contributed by atoms with Gasteiger partial charge in [0.2, 0.25) is 0 Å². The van der Waals surface area contributed by atoms with Crippen LogP contribution in [0.15, 0.2) is 53.5 Å². The number of hydrogen-bond donors (Lipinski definition) is 0. The molecule has 0 unspecified atom stereocenters. The molecule has 0 radical (unpaired) electrons. The molecule has 226 valence electrons. The van der Waals surface area contributed by atoms with Crippen LogP contribution in [0.1, 0.15) is 24.5 Å². The summed E-state index contributed by atoms with van der Waals surface area (Å²) in [6, 6.07) is 6.34. The number of hydrogen-bond acceptors (Lipinski definition) is 0. The highest BCUT2D eigenvalue weighted by molar-refractivity contribution is 7.05. The molecule has 43 heavy (non-hydrogen) atoms. The highest BCUT2D eigenvalue weighted by Gasteiger charge is 2.39. The van der Waals surface area contributed by atoms with E-state index in [2.05, 4.69) is 0 Å². The Labute approximate surface area is 241 Å². The van der Waals surface area contributed by atoms with Gasteiger partial charge in [0, 0.05) is 12.5 Å². The van der Waals surface area contributed by atoms with E-state index < -0.39 is 75.2 Å². The third kappa shape index (κ3) is 5.21. The average Bonchev–Trinajstić information content (AvgIpc) is 3.45. The van der Waals surface area contributed by atoms with Gasteiger partial charge in [-0.05, 0) is 24.5 Å². The predicted molar refractivity (Wildman–Crippen MR) is 146 cm³/mol. The summed E-state index contributed by atoms with van der Waals surface area (Å²) in [6.07, 6.45) is -0.505. The van der Waals surface area contributed by atoms with Gasteiger partial charge in [0.05, 0.1) is 6.15 Å². The molecule has 3 aromatic carbocycles. The third-order valence-electron chi connectivity index (χ3n) is 7.88. The van der Waals surface area contributed by atoms with Gasteiger partial charge in [-0.3, -0.25) is 0 Å². The summed E-state index contributed by atoms with van der Waals surface area (Å²) in [6.45, 7) is 4.18. The lowest BCUT2D eigenvalue weighted by Gasteiger charge is -2.37. The van der Waals surface area contributed by atoms with Crippen LogP contribution in [0.25, 0.3) is 5.57 Å². The zero-order valence-electron chi connectivity index (χ0n) is 23.6. The molecule has 3 aromatic rings. The van der Waals surface area contributed by atoms with Gasteiger partial charge in [-0.2, -0.15) is 6.82 Å². The largest absolute Gasteiger partial charge is 0.239 e. The van der Waals surface area contributed by atoms with Crippen molar-refractivity contribution in [3.63, 3.8) is 0 Å². The number of allylic oxidation sites excluding steroid dienone is 5. The van der Waals surface area contributed by atoms with Crippen molar-refractivity contribution in [3.8, 4) is 0 Å². The maximum atomic E-state index is 15.4. The van der Waals surface area contributed by atoms with Gasteiger partial charge >= 0.3 is 0 Å². The van der Waals surface area contributed by atoms with E-state index >= 15 is 17.6 Å². The molecule has 0 heterocycles. The second-order valence-corrected chi connectivity index (χ2v) is 10.8. The van der Waals surface area contributed by atoms with E-state index in [0.29, 0.717) is 30.1 Å². The first-order valence-corrected chi connectivity index (χ1v) is 13.0. The van der Waals surface area contributed by atoms with Crippen LogP contribution in [-0.2, 0) is 0 Å². The molecular weight excluding hydrogens is 587 g/mol. The molecular formula is C31H24BF10N. The normalized spacial score (nSPS) is 13.8. The summed E-state index contributed by atoms with van der Waals surface area (Å²) in [5.41, 5.74) is -0.788. The second-order valence-electron chi connectivity index (χ2n) is 10.8. The summed E-state index contributed by atoms with van der Waals surface area (Å²) in [5, 5.41) is 0. The highest BCUT2D eigenvalue weighted by atomic mass is 19.2. The van der Waals surface area contributed by atoms with E-state index in [9.17, 15) is 26.3 Å². The Kier molecular flexibility index (Phi) is 8.54. The van der Waals surface area contributed by atoms with Crippen LogP contribution in [0, 0.1) is 65.1 Å². The van der Waals surface area contributed by atoms with E-state index in [0.717, 1.165) is 11.5 Å². The molecule has 1 aliphatic rings. The maximum Gasteiger partial charge on any atom is 0.200 e. The fourth-order valence-electron chi connectivity index (χ4n) is 5.39. The van der Waals surface area contributed by atoms with Gasteiger partial charge in [0.15, 0.2) is 40.6 Å². The Morgan fingerprint density at radius 2 is 1.07 bits per heavy atom. The van der Waals surface area contributed by atoms with E-state index in [-0.39, 0.29) is 11.1 Å². The lowest BCUT2D eigenvalue weighted by atomic mass is 9.19. The fourth-order valence-corrected chi connectivity index (χ4v) is 5.39. The molecule has 0 saturated heterocycles. The Bertz CT molecular complexity index is 1650. The van der Waals surface area contributed by atoms with Gasteiger partial charge in [-0.25, -0.2) is 54.5 Å². The van der Waals surface area contributed by atoms with Crippen LogP contribution < -0.4 is 10.9 Å². The van der Waals surface area contributed by atoms with E-state index in [1.807, 2.05) is 0 Å². The zero-order valence-corrected chi connectivity index (χ0v) is 23.6. The van der Waals surface area contributed by atoms with E-state index in [1.54, 1.807) is 56.8 Å². The summed E-state index contributed by atoms with van der Waals surface area (Å²) < 4.78 is 150. The lowest BCUT2D eigenvalue weighted by molar-refractivity contribution is -0.464. The van der Waals surface area contributed by atoms with Crippen molar-refractivity contribution in [2.45, 2.75) is 27.1 Å². The molecule has 0 N–H and O–H groups in total. The van der Waals surface area contributed by atoms with E-state index in [1.165, 1.54) is 12.1 Å². The van der Waals surface area contributed by atoms with E-state index in [4.69, 9.17) is 0 Å². The van der Waals surface area contributed by atoms with Gasteiger partial charge in [-0.1, -0.05) is 47.6 Å². The van der Waals surface area contributed by atoms with Crippen molar-refractivity contribution in [3.05, 3.63) is 123 Å². The second kappa shape index (κ2) is 11.5. The first kappa shape index (κ1) is 31.8. The Balaban J connectivity index is 2.30. The van der Waals surface area contributed by atoms with Crippen LogP contribution in [0.2, 0.25) is 6.82 Å². The SMILES string of the molecule is CC(C1=C(/C(=C/[B-](C)(c2c(F)c(F)c(F)c(F)c2F)c2c(F)c(F)c(F)c(F)c2F)c2ccc(C)cc2)C=CC1)=[N+](C)C. The summed E-state index contributed by atoms with van der Waals surface area (Å²) in [7, 11) is 3.45. The number of rotatable bonds is 6. The first-order valence-electron chi connectivity index (χ1n) is 13.0. The Hall–Kier alpha value is -4.09. The standard InChI is InChI=1S/C31H24BF10N/c1-14-9-11-16(12-10-14)19(18-8-6-7-17(18)15(2)43(4)5)13-32(3,20-22(33)26(37)30(41)27(38)23(20)34)21-24(35)28(39)31(42)29(40)25(21)36/h6,8-13H,7H2,1-5H3/b19-13+. The molecule has 4 rings (SSSR count). The van der Waals surface area contributed by atoms with Crippen molar-refractivity contribution in [2.24, 2.45) is 0 Å². The fraction of sp³-hybridized carbons (Fsp3) is 0.194. The van der Waals surface area contributed by atoms with Crippen LogP contribution in [-0.4, -0.2) is 30.5 Å². The molecule has 0 bridgehead atoms. The van der Waals surface area contributed by atoms with Crippen molar-refractivity contribution < 1.29 is 48.5 Å². The first-order chi connectivity index (χ1) is 20.0. The van der Waals surface area contributed by atoms with Crippen molar-refractivity contribution in [2.75, 3.05) is 14.1 Å². The minimum Gasteiger partial charge on any atom is -0.239 e. The molecule has 0 aromatic heterocycles. The van der Waals surface area contributed by atoms with Gasteiger partial charge < -0.3 is 0 Å². The number of benzene rings is 3. The summed E-state index contributed by atoms with van der Waals surface area (Å²) >= 11 is 0. The molecule has 0 fully saturated rings. The topological polar surface area (TPSA) is 3.01 Å². The van der Waals surface area contributed by atoms with Gasteiger partial charge in [0.25, 0.3) is 0 Å². The van der Waals surface area contributed by atoms with Gasteiger partial charge in [-0.15, -0.1) is 10.9 Å². The average molecular weight is 611 g/mol. The number of aryl methyl sites for hydroxylation is 1. The van der Waals surface area contributed by atoms with Crippen molar-refractivity contribution >= 4 is 28.4 Å². The van der Waals surface area contributed by atoms with Crippen LogP contribution in [0.4, 0.5) is 43.9 Å². The minimum absolute atomic E-state index is 0.000308. The number of halogens is 10. The third-order valence-corrected chi connectivity index (χ3v) is 7.88. The molecule has 0 spiro atoms. The van der Waals surface area contributed by atoms with Crippen LogP contribution >= 0.6 is 0 Å². The molecule has 0 saturated carbocycles. The molecule has 0 amide bonds. The molecule has 1 aliphatic carbocycles. The van der Waals surface area contributed by atoms with Crippen molar-refractivity contribution in [1.29, 1.82) is 0 Å². The summed E-state index contributed by atoms with van der Waals surface area (Å²) in [5.74, 6) is -24.0. The van der Waals surface area contributed by atoms with Gasteiger partial charge in [0.1, 0.15) is 37.4 Å². The van der Waals surface area contributed by atoms with Crippen LogP contribution in [0.3, 0.4) is 0 Å². The Morgan fingerprint density at radius 3 is 1.47 bits per heavy atom. The monoisotopic (exact) mass is 611 g/mol. The minimum atomic E-state index is -4.13.